The fourth-order valence-corrected chi connectivity index (χ4v) is 3.75. The number of thiazole rings is 1. The van der Waals surface area contributed by atoms with Crippen molar-refractivity contribution in [1.82, 2.24) is 4.98 Å². The Bertz CT molecular complexity index is 692. The molecule has 2 aromatic heterocycles. The second-order valence-corrected chi connectivity index (χ2v) is 7.15. The summed E-state index contributed by atoms with van der Waals surface area (Å²) < 4.78 is 1.29. The molecular weight excluding hydrogens is 282 g/mol. The van der Waals surface area contributed by atoms with Gasteiger partial charge in [-0.15, -0.1) is 22.7 Å². The Kier molecular flexibility index (Phi) is 4.95. The number of hydrogen-bond donors (Lipinski definition) is 0. The predicted octanol–water partition coefficient (Wildman–Crippen LogP) is 6.48. The molecule has 0 fully saturated rings. The summed E-state index contributed by atoms with van der Waals surface area (Å²) >= 11 is 3.64. The van der Waals surface area contributed by atoms with E-state index in [0.717, 1.165) is 5.52 Å². The Morgan fingerprint density at radius 1 is 1.00 bits per heavy atom. The van der Waals surface area contributed by atoms with E-state index in [0.29, 0.717) is 5.92 Å². The van der Waals surface area contributed by atoms with Crippen LogP contribution in [-0.2, 0) is 0 Å². The van der Waals surface area contributed by atoms with E-state index in [1.807, 2.05) is 25.2 Å². The van der Waals surface area contributed by atoms with Crippen LogP contribution < -0.4 is 0 Å². The van der Waals surface area contributed by atoms with Crippen LogP contribution in [0.25, 0.3) is 20.7 Å². The highest BCUT2D eigenvalue weighted by atomic mass is 32.1. The molecule has 106 valence electrons. The molecule has 0 aliphatic carbocycles. The minimum absolute atomic E-state index is 0.509. The summed E-state index contributed by atoms with van der Waals surface area (Å²) in [4.78, 5) is 7.41. The summed E-state index contributed by atoms with van der Waals surface area (Å²) in [7, 11) is 0. The number of aromatic nitrogens is 1. The highest BCUT2D eigenvalue weighted by Gasteiger charge is 2.09. The lowest BCUT2D eigenvalue weighted by Gasteiger charge is -1.96. The van der Waals surface area contributed by atoms with Crippen LogP contribution in [0.2, 0.25) is 0 Å². The number of aryl methyl sites for hydroxylation is 1. The van der Waals surface area contributed by atoms with Crippen molar-refractivity contribution in [1.29, 1.82) is 0 Å². The van der Waals surface area contributed by atoms with E-state index in [9.17, 15) is 0 Å². The van der Waals surface area contributed by atoms with E-state index >= 15 is 0 Å². The molecule has 3 heteroatoms. The highest BCUT2D eigenvalue weighted by Crippen LogP contribution is 2.33. The van der Waals surface area contributed by atoms with Crippen molar-refractivity contribution in [3.8, 4) is 10.4 Å². The predicted molar refractivity (Wildman–Crippen MR) is 93.1 cm³/mol. The molecule has 2 heterocycles. The van der Waals surface area contributed by atoms with Gasteiger partial charge < -0.3 is 0 Å². The van der Waals surface area contributed by atoms with Gasteiger partial charge in [-0.3, -0.25) is 0 Å². The molecular formula is C17H21NS2. The molecule has 0 unspecified atom stereocenters. The topological polar surface area (TPSA) is 12.9 Å². The summed E-state index contributed by atoms with van der Waals surface area (Å²) in [5.41, 5.74) is 2.41. The van der Waals surface area contributed by atoms with Gasteiger partial charge >= 0.3 is 0 Å². The van der Waals surface area contributed by atoms with Gasteiger partial charge in [0.05, 0.1) is 15.2 Å². The van der Waals surface area contributed by atoms with Crippen molar-refractivity contribution in [3.63, 3.8) is 0 Å². The van der Waals surface area contributed by atoms with Gasteiger partial charge in [0.2, 0.25) is 0 Å². The lowest BCUT2D eigenvalue weighted by Crippen LogP contribution is -1.83. The molecule has 0 aliphatic rings. The zero-order valence-electron chi connectivity index (χ0n) is 12.7. The molecule has 0 atom stereocenters. The van der Waals surface area contributed by atoms with E-state index in [1.165, 1.54) is 25.0 Å². The molecule has 0 N–H and O–H groups in total. The van der Waals surface area contributed by atoms with Crippen molar-refractivity contribution in [2.75, 3.05) is 0 Å². The van der Waals surface area contributed by atoms with Gasteiger partial charge in [-0.05, 0) is 36.8 Å². The third-order valence-corrected chi connectivity index (χ3v) is 5.31. The molecule has 0 bridgehead atoms. The van der Waals surface area contributed by atoms with Crippen molar-refractivity contribution < 1.29 is 0 Å². The lowest BCUT2D eigenvalue weighted by molar-refractivity contribution is 0.857. The monoisotopic (exact) mass is 303 g/mol. The van der Waals surface area contributed by atoms with Crippen LogP contribution in [-0.4, -0.2) is 4.98 Å². The summed E-state index contributed by atoms with van der Waals surface area (Å²) in [6.45, 7) is 10.5. The first-order valence-corrected chi connectivity index (χ1v) is 8.74. The molecule has 20 heavy (non-hydrogen) atoms. The Hall–Kier alpha value is -1.19. The van der Waals surface area contributed by atoms with Crippen molar-refractivity contribution in [2.45, 2.75) is 40.5 Å². The fraction of sp³-hybridized carbons (Fsp3) is 0.353. The first-order chi connectivity index (χ1) is 9.63. The zero-order chi connectivity index (χ0) is 14.7. The smallest absolute Gasteiger partial charge is 0.0963 e. The van der Waals surface area contributed by atoms with E-state index < -0.39 is 0 Å². The molecule has 1 aromatic carbocycles. The number of nitrogens with zero attached hydrogens (tertiary/aromatic N) is 1. The lowest BCUT2D eigenvalue weighted by atomic mass is 10.2. The number of hydrogen-bond acceptors (Lipinski definition) is 3. The first-order valence-electron chi connectivity index (χ1n) is 7.11. The number of thiophene rings is 1. The summed E-state index contributed by atoms with van der Waals surface area (Å²) in [5.74, 6) is 0.509. The van der Waals surface area contributed by atoms with E-state index in [1.54, 1.807) is 11.3 Å². The standard InChI is InChI=1S/C15H15NS2.C2H6/c1-9(2)15-16-12-8-11(5-7-14(12)18-15)13-6-4-10(3)17-13;1-2/h4-9H,1-3H3;1-2H3. The van der Waals surface area contributed by atoms with Gasteiger partial charge in [0.1, 0.15) is 0 Å². The second kappa shape index (κ2) is 6.51. The van der Waals surface area contributed by atoms with Crippen molar-refractivity contribution >= 4 is 32.9 Å². The molecule has 0 saturated heterocycles. The molecule has 0 amide bonds. The van der Waals surface area contributed by atoms with Crippen LogP contribution in [0.1, 0.15) is 43.5 Å². The summed E-state index contributed by atoms with van der Waals surface area (Å²) in [6, 6.07) is 11.0. The second-order valence-electron chi connectivity index (χ2n) is 4.80. The van der Waals surface area contributed by atoms with Crippen LogP contribution in [0.4, 0.5) is 0 Å². The first kappa shape index (κ1) is 15.2. The van der Waals surface area contributed by atoms with Gasteiger partial charge in [0.25, 0.3) is 0 Å². The average molecular weight is 303 g/mol. The highest BCUT2D eigenvalue weighted by molar-refractivity contribution is 7.18. The number of rotatable bonds is 2. The fourth-order valence-electron chi connectivity index (χ4n) is 1.94. The molecule has 0 radical (unpaired) electrons. The van der Waals surface area contributed by atoms with E-state index in [4.69, 9.17) is 4.98 Å². The summed E-state index contributed by atoms with van der Waals surface area (Å²) in [6.07, 6.45) is 0. The van der Waals surface area contributed by atoms with Crippen molar-refractivity contribution in [2.24, 2.45) is 0 Å². The maximum absolute atomic E-state index is 4.73. The molecule has 1 nitrogen and oxygen atoms in total. The molecule has 3 rings (SSSR count). The Balaban J connectivity index is 0.000000704. The Morgan fingerprint density at radius 3 is 2.35 bits per heavy atom. The zero-order valence-corrected chi connectivity index (χ0v) is 14.4. The quantitative estimate of drug-likeness (QED) is 0.527. The van der Waals surface area contributed by atoms with Crippen LogP contribution >= 0.6 is 22.7 Å². The molecule has 3 aromatic rings. The minimum atomic E-state index is 0.509. The maximum Gasteiger partial charge on any atom is 0.0963 e. The number of fused-ring (bicyclic) bond motifs is 1. The normalized spacial score (nSPS) is 10.7. The van der Waals surface area contributed by atoms with Gasteiger partial charge in [-0.1, -0.05) is 33.8 Å². The maximum atomic E-state index is 4.73. The number of benzene rings is 1. The van der Waals surface area contributed by atoms with Crippen molar-refractivity contribution in [3.05, 3.63) is 40.2 Å². The largest absolute Gasteiger partial charge is 0.241 e. The van der Waals surface area contributed by atoms with Crippen LogP contribution in [0.15, 0.2) is 30.3 Å². The van der Waals surface area contributed by atoms with Gasteiger partial charge in [0, 0.05) is 15.7 Å². The van der Waals surface area contributed by atoms with Crippen LogP contribution in [0.3, 0.4) is 0 Å². The van der Waals surface area contributed by atoms with Gasteiger partial charge in [0.15, 0.2) is 0 Å². The van der Waals surface area contributed by atoms with Crippen LogP contribution in [0.5, 0.6) is 0 Å². The Labute approximate surface area is 129 Å². The molecule has 0 spiro atoms. The average Bonchev–Trinajstić information content (AvgIpc) is 3.06. The third-order valence-electron chi connectivity index (χ3n) is 2.92. The molecule has 0 saturated carbocycles. The third kappa shape index (κ3) is 3.10. The van der Waals surface area contributed by atoms with E-state index in [2.05, 4.69) is 51.1 Å². The van der Waals surface area contributed by atoms with Gasteiger partial charge in [-0.25, -0.2) is 4.98 Å². The SMILES string of the molecule is CC.Cc1ccc(-c2ccc3sc(C(C)C)nc3c2)s1. The molecule has 0 aliphatic heterocycles. The van der Waals surface area contributed by atoms with E-state index in [-0.39, 0.29) is 0 Å². The minimum Gasteiger partial charge on any atom is -0.241 e. The Morgan fingerprint density at radius 2 is 1.75 bits per heavy atom. The van der Waals surface area contributed by atoms with Crippen LogP contribution in [0, 0.1) is 6.92 Å². The summed E-state index contributed by atoms with van der Waals surface area (Å²) in [5, 5.41) is 1.23. The van der Waals surface area contributed by atoms with Gasteiger partial charge in [-0.2, -0.15) is 0 Å².